The molecule has 0 unspecified atom stereocenters. The van der Waals surface area contributed by atoms with Crippen LogP contribution in [0.15, 0.2) is 30.3 Å². The van der Waals surface area contributed by atoms with Crippen molar-refractivity contribution >= 4 is 23.0 Å². The molecule has 2 aromatic carbocycles. The van der Waals surface area contributed by atoms with Gasteiger partial charge in [0.05, 0.1) is 11.3 Å². The van der Waals surface area contributed by atoms with Gasteiger partial charge in [0, 0.05) is 12.7 Å². The zero-order chi connectivity index (χ0) is 15.6. The quantitative estimate of drug-likeness (QED) is 0.762. The lowest BCUT2D eigenvalue weighted by molar-refractivity contribution is 0.0964. The van der Waals surface area contributed by atoms with Gasteiger partial charge in [-0.1, -0.05) is 6.07 Å². The molecule has 110 valence electrons. The highest BCUT2D eigenvalue weighted by molar-refractivity contribution is 6.00. The van der Waals surface area contributed by atoms with E-state index in [1.165, 1.54) is 32.2 Å². The van der Waals surface area contributed by atoms with E-state index in [9.17, 15) is 13.6 Å². The van der Waals surface area contributed by atoms with E-state index < -0.39 is 11.6 Å². The van der Waals surface area contributed by atoms with Gasteiger partial charge in [0.25, 0.3) is 5.91 Å². The second-order valence-electron chi connectivity index (χ2n) is 4.56. The molecule has 0 spiro atoms. The molecular formula is C15H15F2N3O. The molecular weight excluding hydrogens is 276 g/mol. The van der Waals surface area contributed by atoms with Crippen LogP contribution in [0.5, 0.6) is 0 Å². The number of carbonyl (C=O) groups is 1. The molecule has 4 N–H and O–H groups in total. The molecule has 6 heteroatoms. The minimum absolute atomic E-state index is 0.234. The fourth-order valence-electron chi connectivity index (χ4n) is 1.90. The molecule has 0 aromatic heterocycles. The molecule has 1 amide bonds. The number of anilines is 3. The van der Waals surface area contributed by atoms with Gasteiger partial charge in [-0.05, 0) is 36.8 Å². The summed E-state index contributed by atoms with van der Waals surface area (Å²) in [4.78, 5) is 11.8. The molecule has 21 heavy (non-hydrogen) atoms. The summed E-state index contributed by atoms with van der Waals surface area (Å²) in [5.74, 6) is -1.84. The van der Waals surface area contributed by atoms with Gasteiger partial charge in [-0.25, -0.2) is 8.78 Å². The zero-order valence-corrected chi connectivity index (χ0v) is 11.6. The Labute approximate surface area is 121 Å². The third-order valence-corrected chi connectivity index (χ3v) is 3.06. The number of carbonyl (C=O) groups excluding carboxylic acids is 1. The first-order valence-corrected chi connectivity index (χ1v) is 6.27. The Hall–Kier alpha value is -2.63. The Kier molecular flexibility index (Phi) is 4.07. The van der Waals surface area contributed by atoms with Crippen molar-refractivity contribution in [1.29, 1.82) is 0 Å². The van der Waals surface area contributed by atoms with Gasteiger partial charge >= 0.3 is 0 Å². The predicted molar refractivity (Wildman–Crippen MR) is 78.6 cm³/mol. The first-order chi connectivity index (χ1) is 9.93. The van der Waals surface area contributed by atoms with Crippen molar-refractivity contribution in [3.8, 4) is 0 Å². The van der Waals surface area contributed by atoms with Crippen LogP contribution >= 0.6 is 0 Å². The summed E-state index contributed by atoms with van der Waals surface area (Å²) in [7, 11) is 1.47. The average Bonchev–Trinajstić information content (AvgIpc) is 2.47. The standard InChI is InChI=1S/C15H15F2N3O/c1-8-3-6-11(16)14(13(8)17)20-12-7-9(18)4-5-10(12)15(21)19-2/h3-7,20H,18H2,1-2H3,(H,19,21). The average molecular weight is 291 g/mol. The summed E-state index contributed by atoms with van der Waals surface area (Å²) in [6.07, 6.45) is 0. The number of aryl methyl sites for hydroxylation is 1. The van der Waals surface area contributed by atoms with Crippen LogP contribution in [-0.4, -0.2) is 13.0 Å². The van der Waals surface area contributed by atoms with Crippen molar-refractivity contribution in [2.75, 3.05) is 18.1 Å². The Morgan fingerprint density at radius 2 is 1.90 bits per heavy atom. The summed E-state index contributed by atoms with van der Waals surface area (Å²) in [6, 6.07) is 6.98. The largest absolute Gasteiger partial charge is 0.399 e. The Balaban J connectivity index is 2.51. The number of hydrogen-bond acceptors (Lipinski definition) is 3. The first kappa shape index (κ1) is 14.8. The van der Waals surface area contributed by atoms with Gasteiger partial charge < -0.3 is 16.4 Å². The Morgan fingerprint density at radius 1 is 1.19 bits per heavy atom. The predicted octanol–water partition coefficient (Wildman–Crippen LogP) is 2.96. The highest BCUT2D eigenvalue weighted by Gasteiger charge is 2.16. The molecule has 0 aliphatic carbocycles. The highest BCUT2D eigenvalue weighted by atomic mass is 19.1. The fraction of sp³-hybridized carbons (Fsp3) is 0.133. The number of hydrogen-bond donors (Lipinski definition) is 3. The van der Waals surface area contributed by atoms with E-state index in [0.29, 0.717) is 11.3 Å². The second-order valence-corrected chi connectivity index (χ2v) is 4.56. The Bertz CT molecular complexity index is 702. The summed E-state index contributed by atoms with van der Waals surface area (Å²) >= 11 is 0. The molecule has 0 heterocycles. The van der Waals surface area contributed by atoms with E-state index in [0.717, 1.165) is 6.07 Å². The molecule has 0 atom stereocenters. The lowest BCUT2D eigenvalue weighted by atomic mass is 10.1. The van der Waals surface area contributed by atoms with Crippen molar-refractivity contribution in [3.05, 3.63) is 53.1 Å². The van der Waals surface area contributed by atoms with Crippen molar-refractivity contribution in [1.82, 2.24) is 5.32 Å². The highest BCUT2D eigenvalue weighted by Crippen LogP contribution is 2.28. The first-order valence-electron chi connectivity index (χ1n) is 6.27. The normalized spacial score (nSPS) is 10.3. The molecule has 0 fully saturated rings. The summed E-state index contributed by atoms with van der Waals surface area (Å²) in [6.45, 7) is 1.53. The van der Waals surface area contributed by atoms with Crippen molar-refractivity contribution in [3.63, 3.8) is 0 Å². The van der Waals surface area contributed by atoms with Gasteiger partial charge in [-0.15, -0.1) is 0 Å². The molecule has 0 bridgehead atoms. The van der Waals surface area contributed by atoms with Crippen LogP contribution in [0.25, 0.3) is 0 Å². The molecule has 2 aromatic rings. The number of halogens is 2. The van der Waals surface area contributed by atoms with Crippen LogP contribution in [0.3, 0.4) is 0 Å². The van der Waals surface area contributed by atoms with Gasteiger partial charge in [0.15, 0.2) is 5.82 Å². The minimum atomic E-state index is -0.747. The molecule has 4 nitrogen and oxygen atoms in total. The van der Waals surface area contributed by atoms with E-state index in [1.54, 1.807) is 6.07 Å². The lowest BCUT2D eigenvalue weighted by Crippen LogP contribution is -2.19. The fourth-order valence-corrected chi connectivity index (χ4v) is 1.90. The maximum absolute atomic E-state index is 14.0. The van der Waals surface area contributed by atoms with Gasteiger partial charge in [-0.2, -0.15) is 0 Å². The number of benzene rings is 2. The van der Waals surface area contributed by atoms with Gasteiger partial charge in [0.2, 0.25) is 0 Å². The summed E-state index contributed by atoms with van der Waals surface area (Å²) in [5, 5.41) is 5.08. The Morgan fingerprint density at radius 3 is 2.57 bits per heavy atom. The molecule has 0 radical (unpaired) electrons. The smallest absolute Gasteiger partial charge is 0.253 e. The number of nitrogens with one attached hydrogen (secondary N) is 2. The number of nitrogens with two attached hydrogens (primary N) is 1. The van der Waals surface area contributed by atoms with E-state index in [-0.39, 0.29) is 22.8 Å². The second kappa shape index (κ2) is 5.78. The third-order valence-electron chi connectivity index (χ3n) is 3.06. The zero-order valence-electron chi connectivity index (χ0n) is 11.6. The lowest BCUT2D eigenvalue weighted by Gasteiger charge is -2.14. The minimum Gasteiger partial charge on any atom is -0.399 e. The van der Waals surface area contributed by atoms with E-state index >= 15 is 0 Å². The number of rotatable bonds is 3. The van der Waals surface area contributed by atoms with Crippen LogP contribution in [0.1, 0.15) is 15.9 Å². The van der Waals surface area contributed by atoms with E-state index in [1.807, 2.05) is 0 Å². The van der Waals surface area contributed by atoms with E-state index in [2.05, 4.69) is 10.6 Å². The number of nitrogen functional groups attached to an aromatic ring is 1. The van der Waals surface area contributed by atoms with Crippen LogP contribution in [0.2, 0.25) is 0 Å². The van der Waals surface area contributed by atoms with Gasteiger partial charge in [-0.3, -0.25) is 4.79 Å². The molecule has 0 aliphatic heterocycles. The van der Waals surface area contributed by atoms with E-state index in [4.69, 9.17) is 5.73 Å². The van der Waals surface area contributed by atoms with Gasteiger partial charge in [0.1, 0.15) is 11.5 Å². The molecule has 2 rings (SSSR count). The SMILES string of the molecule is CNC(=O)c1ccc(N)cc1Nc1c(F)ccc(C)c1F. The van der Waals surface area contributed by atoms with Crippen molar-refractivity contribution in [2.45, 2.75) is 6.92 Å². The maximum atomic E-state index is 14.0. The summed E-state index contributed by atoms with van der Waals surface area (Å²) in [5.41, 5.74) is 6.50. The van der Waals surface area contributed by atoms with Crippen LogP contribution in [-0.2, 0) is 0 Å². The maximum Gasteiger partial charge on any atom is 0.253 e. The topological polar surface area (TPSA) is 67.2 Å². The number of amides is 1. The third kappa shape index (κ3) is 2.94. The van der Waals surface area contributed by atoms with Crippen molar-refractivity contribution < 1.29 is 13.6 Å². The van der Waals surface area contributed by atoms with Crippen LogP contribution in [0, 0.1) is 18.6 Å². The van der Waals surface area contributed by atoms with Crippen LogP contribution in [0.4, 0.5) is 25.8 Å². The summed E-state index contributed by atoms with van der Waals surface area (Å²) < 4.78 is 27.8. The molecule has 0 saturated carbocycles. The monoisotopic (exact) mass is 291 g/mol. The molecule has 0 aliphatic rings. The van der Waals surface area contributed by atoms with Crippen molar-refractivity contribution in [2.24, 2.45) is 0 Å². The van der Waals surface area contributed by atoms with Crippen LogP contribution < -0.4 is 16.4 Å². The molecule has 0 saturated heterocycles.